The largest absolute Gasteiger partial charge is 0.300 e. The molecule has 0 aromatic heterocycles. The van der Waals surface area contributed by atoms with Crippen LogP contribution in [0.4, 0.5) is 0 Å². The van der Waals surface area contributed by atoms with Gasteiger partial charge in [-0.05, 0) is 56.4 Å². The van der Waals surface area contributed by atoms with Gasteiger partial charge in [-0.2, -0.15) is 0 Å². The summed E-state index contributed by atoms with van der Waals surface area (Å²) in [5.74, 6) is 0.981. The molecule has 1 spiro atoms. The molecule has 0 unspecified atom stereocenters. The van der Waals surface area contributed by atoms with Crippen molar-refractivity contribution >= 4 is 15.9 Å². The Kier molecular flexibility index (Phi) is 2.40. The Bertz CT molecular complexity index is 226. The summed E-state index contributed by atoms with van der Waals surface area (Å²) in [6, 6.07) is 0.998. The molecule has 2 aliphatic carbocycles. The van der Waals surface area contributed by atoms with E-state index in [0.29, 0.717) is 0 Å². The third kappa shape index (κ3) is 1.65. The molecule has 1 saturated heterocycles. The average molecular weight is 258 g/mol. The Morgan fingerprint density at radius 1 is 1.21 bits per heavy atom. The zero-order valence-corrected chi connectivity index (χ0v) is 10.4. The first kappa shape index (κ1) is 9.65. The molecule has 14 heavy (non-hydrogen) atoms. The molecule has 3 rings (SSSR count). The predicted octanol–water partition coefficient (Wildman–Crippen LogP) is 3.04. The summed E-state index contributed by atoms with van der Waals surface area (Å²) in [6.07, 6.45) is 8.95. The minimum absolute atomic E-state index is 0.751. The number of alkyl halides is 1. The van der Waals surface area contributed by atoms with Gasteiger partial charge in [-0.25, -0.2) is 0 Å². The van der Waals surface area contributed by atoms with E-state index in [1.807, 2.05) is 0 Å². The number of halogens is 1. The highest BCUT2D eigenvalue weighted by molar-refractivity contribution is 9.09. The molecule has 1 heterocycles. The molecular formula is C12H20BrN. The van der Waals surface area contributed by atoms with Crippen molar-refractivity contribution in [3.05, 3.63) is 0 Å². The minimum Gasteiger partial charge on any atom is -0.300 e. The van der Waals surface area contributed by atoms with Crippen LogP contribution in [0.1, 0.15) is 38.5 Å². The summed E-state index contributed by atoms with van der Waals surface area (Å²) < 4.78 is 0. The molecule has 0 aromatic carbocycles. The van der Waals surface area contributed by atoms with E-state index in [-0.39, 0.29) is 0 Å². The summed E-state index contributed by atoms with van der Waals surface area (Å²) in [5, 5.41) is 1.23. The van der Waals surface area contributed by atoms with Crippen molar-refractivity contribution in [1.82, 2.24) is 4.90 Å². The van der Waals surface area contributed by atoms with Gasteiger partial charge in [0, 0.05) is 17.9 Å². The van der Waals surface area contributed by atoms with E-state index in [1.54, 1.807) is 0 Å². The SMILES string of the molecule is BrC[C@H]1CC[C@]2(CCN(C3CC3)C2)C1. The first-order chi connectivity index (χ1) is 6.81. The zero-order valence-electron chi connectivity index (χ0n) is 8.84. The van der Waals surface area contributed by atoms with E-state index >= 15 is 0 Å². The first-order valence-corrected chi connectivity index (χ1v) is 7.23. The fourth-order valence-corrected chi connectivity index (χ4v) is 4.10. The van der Waals surface area contributed by atoms with Crippen LogP contribution in [-0.2, 0) is 0 Å². The smallest absolute Gasteiger partial charge is 0.00966 e. The van der Waals surface area contributed by atoms with Crippen molar-refractivity contribution in [1.29, 1.82) is 0 Å². The van der Waals surface area contributed by atoms with E-state index in [9.17, 15) is 0 Å². The highest BCUT2D eigenvalue weighted by Gasteiger charge is 2.46. The van der Waals surface area contributed by atoms with Gasteiger partial charge in [0.15, 0.2) is 0 Å². The lowest BCUT2D eigenvalue weighted by Gasteiger charge is -2.24. The Hall–Kier alpha value is 0.440. The van der Waals surface area contributed by atoms with E-state index in [4.69, 9.17) is 0 Å². The van der Waals surface area contributed by atoms with E-state index in [1.165, 1.54) is 56.9 Å². The number of hydrogen-bond acceptors (Lipinski definition) is 1. The molecule has 1 aliphatic heterocycles. The molecule has 3 aliphatic rings. The Morgan fingerprint density at radius 2 is 2.07 bits per heavy atom. The van der Waals surface area contributed by atoms with Crippen LogP contribution in [0.25, 0.3) is 0 Å². The summed E-state index contributed by atoms with van der Waals surface area (Å²) in [5.41, 5.74) is 0.751. The maximum Gasteiger partial charge on any atom is 0.00966 e. The van der Waals surface area contributed by atoms with Gasteiger partial charge in [0.1, 0.15) is 0 Å². The van der Waals surface area contributed by atoms with Gasteiger partial charge in [0.05, 0.1) is 0 Å². The lowest BCUT2D eigenvalue weighted by molar-refractivity contribution is 0.250. The molecule has 1 nitrogen and oxygen atoms in total. The summed E-state index contributed by atoms with van der Waals surface area (Å²) >= 11 is 3.65. The molecule has 0 aromatic rings. The predicted molar refractivity (Wildman–Crippen MR) is 62.8 cm³/mol. The van der Waals surface area contributed by atoms with E-state index in [0.717, 1.165) is 17.4 Å². The highest BCUT2D eigenvalue weighted by Crippen LogP contribution is 2.50. The first-order valence-electron chi connectivity index (χ1n) is 6.11. The third-order valence-electron chi connectivity index (χ3n) is 4.55. The Balaban J connectivity index is 1.63. The molecule has 80 valence electrons. The second-order valence-corrected chi connectivity index (χ2v) is 6.36. The van der Waals surface area contributed by atoms with Crippen LogP contribution in [-0.4, -0.2) is 29.4 Å². The zero-order chi connectivity index (χ0) is 9.60. The van der Waals surface area contributed by atoms with E-state index < -0.39 is 0 Å². The van der Waals surface area contributed by atoms with Gasteiger partial charge >= 0.3 is 0 Å². The van der Waals surface area contributed by atoms with E-state index in [2.05, 4.69) is 20.8 Å². The summed E-state index contributed by atoms with van der Waals surface area (Å²) in [4.78, 5) is 2.77. The van der Waals surface area contributed by atoms with Crippen molar-refractivity contribution in [2.45, 2.75) is 44.6 Å². The van der Waals surface area contributed by atoms with Gasteiger partial charge in [-0.1, -0.05) is 15.9 Å². The molecule has 2 heteroatoms. The van der Waals surface area contributed by atoms with Crippen LogP contribution in [0.15, 0.2) is 0 Å². The fraction of sp³-hybridized carbons (Fsp3) is 1.00. The van der Waals surface area contributed by atoms with Gasteiger partial charge in [0.2, 0.25) is 0 Å². The van der Waals surface area contributed by atoms with Crippen LogP contribution < -0.4 is 0 Å². The highest BCUT2D eigenvalue weighted by atomic mass is 79.9. The third-order valence-corrected chi connectivity index (χ3v) is 5.47. The second kappa shape index (κ2) is 3.48. The Morgan fingerprint density at radius 3 is 2.71 bits per heavy atom. The molecule has 0 bridgehead atoms. The van der Waals surface area contributed by atoms with Gasteiger partial charge in [-0.15, -0.1) is 0 Å². The van der Waals surface area contributed by atoms with Crippen LogP contribution in [0, 0.1) is 11.3 Å². The Labute approximate surface area is 95.4 Å². The normalized spacial score (nSPS) is 43.9. The van der Waals surface area contributed by atoms with Crippen LogP contribution in [0.3, 0.4) is 0 Å². The van der Waals surface area contributed by atoms with Crippen LogP contribution in [0.2, 0.25) is 0 Å². The molecule has 3 fully saturated rings. The van der Waals surface area contributed by atoms with Gasteiger partial charge in [-0.3, -0.25) is 4.90 Å². The quantitative estimate of drug-likeness (QED) is 0.688. The van der Waals surface area contributed by atoms with Crippen molar-refractivity contribution in [3.8, 4) is 0 Å². The van der Waals surface area contributed by atoms with Crippen LogP contribution in [0.5, 0.6) is 0 Å². The fourth-order valence-electron chi connectivity index (χ4n) is 3.55. The maximum absolute atomic E-state index is 3.65. The number of hydrogen-bond donors (Lipinski definition) is 0. The molecule has 2 saturated carbocycles. The summed E-state index contributed by atoms with van der Waals surface area (Å²) in [7, 11) is 0. The average Bonchev–Trinajstić information content (AvgIpc) is 2.87. The van der Waals surface area contributed by atoms with Gasteiger partial charge < -0.3 is 0 Å². The minimum atomic E-state index is 0.751. The molecule has 2 atom stereocenters. The van der Waals surface area contributed by atoms with Crippen molar-refractivity contribution in [2.75, 3.05) is 18.4 Å². The van der Waals surface area contributed by atoms with Crippen molar-refractivity contribution in [2.24, 2.45) is 11.3 Å². The molecule has 0 N–H and O–H groups in total. The number of nitrogens with zero attached hydrogens (tertiary/aromatic N) is 1. The molecule has 0 radical (unpaired) electrons. The molecule has 0 amide bonds. The maximum atomic E-state index is 3.65. The monoisotopic (exact) mass is 257 g/mol. The van der Waals surface area contributed by atoms with Crippen molar-refractivity contribution in [3.63, 3.8) is 0 Å². The topological polar surface area (TPSA) is 3.24 Å². The van der Waals surface area contributed by atoms with Crippen molar-refractivity contribution < 1.29 is 0 Å². The number of rotatable bonds is 2. The lowest BCUT2D eigenvalue weighted by Crippen LogP contribution is -2.27. The second-order valence-electron chi connectivity index (χ2n) is 5.71. The van der Waals surface area contributed by atoms with Gasteiger partial charge in [0.25, 0.3) is 0 Å². The summed E-state index contributed by atoms with van der Waals surface area (Å²) in [6.45, 7) is 2.83. The number of likely N-dealkylation sites (tertiary alicyclic amines) is 1. The lowest BCUT2D eigenvalue weighted by atomic mass is 9.85. The van der Waals surface area contributed by atoms with Crippen LogP contribution >= 0.6 is 15.9 Å². The molecular weight excluding hydrogens is 238 g/mol. The standard InChI is InChI=1S/C12H20BrN/c13-8-10-3-4-12(7-10)5-6-14(9-12)11-1-2-11/h10-11H,1-9H2/t10-,12-/m0/s1.